The van der Waals surface area contributed by atoms with Gasteiger partial charge in [-0.15, -0.1) is 0 Å². The van der Waals surface area contributed by atoms with Crippen LogP contribution >= 0.6 is 27.5 Å². The first-order valence-electron chi connectivity index (χ1n) is 5.46. The lowest BCUT2D eigenvalue weighted by atomic mass is 10.3. The number of furan rings is 1. The molecule has 102 valence electrons. The molecule has 0 saturated carbocycles. The van der Waals surface area contributed by atoms with Crippen molar-refractivity contribution in [2.45, 2.75) is 11.3 Å². The lowest BCUT2D eigenvalue weighted by Crippen LogP contribution is -2.25. The van der Waals surface area contributed by atoms with Gasteiger partial charge in [-0.25, -0.2) is 13.1 Å². The van der Waals surface area contributed by atoms with E-state index in [0.717, 1.165) is 5.76 Å². The molecule has 7 heteroatoms. The highest BCUT2D eigenvalue weighted by Gasteiger charge is 2.14. The summed E-state index contributed by atoms with van der Waals surface area (Å²) in [5.41, 5.74) is 0. The van der Waals surface area contributed by atoms with Crippen molar-refractivity contribution >= 4 is 37.6 Å². The molecule has 0 spiro atoms. The number of nitrogens with one attached hydrogen (secondary N) is 1. The summed E-state index contributed by atoms with van der Waals surface area (Å²) < 4.78 is 32.2. The molecule has 2 aromatic rings. The molecule has 0 aliphatic carbocycles. The average molecular weight is 365 g/mol. The Kier molecular flexibility index (Phi) is 4.67. The molecule has 0 aliphatic heterocycles. The average Bonchev–Trinajstić information content (AvgIpc) is 2.85. The van der Waals surface area contributed by atoms with Crippen molar-refractivity contribution in [3.8, 4) is 0 Å². The van der Waals surface area contributed by atoms with Crippen LogP contribution in [0.15, 0.2) is 50.4 Å². The molecule has 0 fully saturated rings. The number of hydrogen-bond acceptors (Lipinski definition) is 3. The van der Waals surface area contributed by atoms with Crippen molar-refractivity contribution in [2.24, 2.45) is 0 Å². The van der Waals surface area contributed by atoms with Crippen LogP contribution in [-0.4, -0.2) is 15.0 Å². The fraction of sp³-hybridized carbons (Fsp3) is 0.167. The molecule has 19 heavy (non-hydrogen) atoms. The molecule has 0 aliphatic rings. The Labute approximate surface area is 124 Å². The maximum Gasteiger partial charge on any atom is 0.240 e. The van der Waals surface area contributed by atoms with Crippen LogP contribution in [0.1, 0.15) is 5.76 Å². The summed E-state index contributed by atoms with van der Waals surface area (Å²) in [6.45, 7) is 0.274. The fourth-order valence-electron chi connectivity index (χ4n) is 1.49. The Balaban J connectivity index is 2.03. The van der Waals surface area contributed by atoms with Crippen LogP contribution in [-0.2, 0) is 16.4 Å². The maximum atomic E-state index is 12.0. The fourth-order valence-corrected chi connectivity index (χ4v) is 3.20. The Morgan fingerprint density at radius 3 is 2.74 bits per heavy atom. The molecule has 4 nitrogen and oxygen atoms in total. The highest BCUT2D eigenvalue weighted by molar-refractivity contribution is 9.10. The SMILES string of the molecule is O=S(=O)(NCCc1ccco1)c1ccc(Cl)c(Br)c1. The van der Waals surface area contributed by atoms with Crippen molar-refractivity contribution in [2.75, 3.05) is 6.54 Å². The highest BCUT2D eigenvalue weighted by atomic mass is 79.9. The maximum absolute atomic E-state index is 12.0. The van der Waals surface area contributed by atoms with Crippen LogP contribution in [0.2, 0.25) is 5.02 Å². The van der Waals surface area contributed by atoms with Gasteiger partial charge < -0.3 is 4.42 Å². The third-order valence-electron chi connectivity index (χ3n) is 2.44. The van der Waals surface area contributed by atoms with Crippen LogP contribution in [0.25, 0.3) is 0 Å². The predicted octanol–water partition coefficient (Wildman–Crippen LogP) is 3.22. The van der Waals surface area contributed by atoms with Gasteiger partial charge in [0.1, 0.15) is 5.76 Å². The van der Waals surface area contributed by atoms with E-state index < -0.39 is 10.0 Å². The Hall–Kier alpha value is -0.820. The van der Waals surface area contributed by atoms with Gasteiger partial charge in [0.2, 0.25) is 10.0 Å². The van der Waals surface area contributed by atoms with E-state index in [2.05, 4.69) is 20.7 Å². The number of rotatable bonds is 5. The molecule has 1 N–H and O–H groups in total. The normalized spacial score (nSPS) is 11.7. The standard InChI is InChI=1S/C12H11BrClNO3S/c13-11-8-10(3-4-12(11)14)19(16,17)15-6-5-9-2-1-7-18-9/h1-4,7-8,15H,5-6H2. The smallest absolute Gasteiger partial charge is 0.240 e. The van der Waals surface area contributed by atoms with Gasteiger partial charge in [0, 0.05) is 17.4 Å². The van der Waals surface area contributed by atoms with Crippen LogP contribution in [0.5, 0.6) is 0 Å². The zero-order chi connectivity index (χ0) is 13.9. The second-order valence-electron chi connectivity index (χ2n) is 3.80. The van der Waals surface area contributed by atoms with Gasteiger partial charge in [-0.2, -0.15) is 0 Å². The first-order chi connectivity index (χ1) is 8.99. The van der Waals surface area contributed by atoms with Crippen molar-refractivity contribution in [3.63, 3.8) is 0 Å². The van der Waals surface area contributed by atoms with Gasteiger partial charge in [0.05, 0.1) is 16.2 Å². The third kappa shape index (κ3) is 3.82. The van der Waals surface area contributed by atoms with Crippen LogP contribution in [0.4, 0.5) is 0 Å². The molecule has 1 aromatic heterocycles. The quantitative estimate of drug-likeness (QED) is 0.886. The summed E-state index contributed by atoms with van der Waals surface area (Å²) in [6.07, 6.45) is 2.06. The summed E-state index contributed by atoms with van der Waals surface area (Å²) in [6, 6.07) is 8.03. The summed E-state index contributed by atoms with van der Waals surface area (Å²) in [5, 5.41) is 0.467. The third-order valence-corrected chi connectivity index (χ3v) is 5.12. The van der Waals surface area contributed by atoms with E-state index in [9.17, 15) is 8.42 Å². The summed E-state index contributed by atoms with van der Waals surface area (Å²) in [5.74, 6) is 0.736. The van der Waals surface area contributed by atoms with E-state index in [4.69, 9.17) is 16.0 Å². The molecule has 0 amide bonds. The van der Waals surface area contributed by atoms with Crippen molar-refractivity contribution < 1.29 is 12.8 Å². The van der Waals surface area contributed by atoms with Crippen molar-refractivity contribution in [1.82, 2.24) is 4.72 Å². The largest absolute Gasteiger partial charge is 0.469 e. The molecule has 1 aromatic carbocycles. The van der Waals surface area contributed by atoms with Gasteiger partial charge in [0.25, 0.3) is 0 Å². The van der Waals surface area contributed by atoms with Gasteiger partial charge >= 0.3 is 0 Å². The second-order valence-corrected chi connectivity index (χ2v) is 6.83. The molecule has 0 atom stereocenters. The Bertz CT molecular complexity index is 656. The van der Waals surface area contributed by atoms with Gasteiger partial charge in [0.15, 0.2) is 0 Å². The number of halogens is 2. The molecule has 0 saturated heterocycles. The molecule has 1 heterocycles. The van der Waals surface area contributed by atoms with E-state index in [0.29, 0.717) is 15.9 Å². The number of sulfonamides is 1. The van der Waals surface area contributed by atoms with E-state index >= 15 is 0 Å². The molecule has 0 bridgehead atoms. The van der Waals surface area contributed by atoms with Crippen molar-refractivity contribution in [3.05, 3.63) is 51.9 Å². The first-order valence-corrected chi connectivity index (χ1v) is 8.11. The van der Waals surface area contributed by atoms with E-state index in [1.165, 1.54) is 18.2 Å². The Morgan fingerprint density at radius 2 is 2.11 bits per heavy atom. The highest BCUT2D eigenvalue weighted by Crippen LogP contribution is 2.25. The molecule has 2 rings (SSSR count). The number of hydrogen-bond donors (Lipinski definition) is 1. The molecular formula is C12H11BrClNO3S. The minimum Gasteiger partial charge on any atom is -0.469 e. The lowest BCUT2D eigenvalue weighted by molar-refractivity contribution is 0.506. The molecular weight excluding hydrogens is 354 g/mol. The van der Waals surface area contributed by atoms with Crippen LogP contribution < -0.4 is 4.72 Å². The minimum atomic E-state index is -3.53. The van der Waals surface area contributed by atoms with E-state index in [-0.39, 0.29) is 11.4 Å². The van der Waals surface area contributed by atoms with Crippen LogP contribution in [0.3, 0.4) is 0 Å². The van der Waals surface area contributed by atoms with Crippen molar-refractivity contribution in [1.29, 1.82) is 0 Å². The Morgan fingerprint density at radius 1 is 1.32 bits per heavy atom. The van der Waals surface area contributed by atoms with Gasteiger partial charge in [-0.3, -0.25) is 0 Å². The number of benzene rings is 1. The monoisotopic (exact) mass is 363 g/mol. The van der Waals surface area contributed by atoms with E-state index in [1.54, 1.807) is 18.4 Å². The molecule has 0 radical (unpaired) electrons. The topological polar surface area (TPSA) is 59.3 Å². The van der Waals surface area contributed by atoms with E-state index in [1.807, 2.05) is 0 Å². The lowest BCUT2D eigenvalue weighted by Gasteiger charge is -2.07. The molecule has 0 unspecified atom stereocenters. The summed E-state index contributed by atoms with van der Waals surface area (Å²) >= 11 is 9.03. The second kappa shape index (κ2) is 6.09. The first kappa shape index (κ1) is 14.6. The summed E-state index contributed by atoms with van der Waals surface area (Å²) in [4.78, 5) is 0.170. The van der Waals surface area contributed by atoms with Gasteiger partial charge in [-0.1, -0.05) is 11.6 Å². The zero-order valence-corrected chi connectivity index (χ0v) is 12.9. The zero-order valence-electron chi connectivity index (χ0n) is 9.77. The predicted molar refractivity (Wildman–Crippen MR) is 76.8 cm³/mol. The summed E-state index contributed by atoms with van der Waals surface area (Å²) in [7, 11) is -3.53. The minimum absolute atomic E-state index is 0.170. The van der Waals surface area contributed by atoms with Crippen LogP contribution in [0, 0.1) is 0 Å². The van der Waals surface area contributed by atoms with Gasteiger partial charge in [-0.05, 0) is 46.3 Å².